The van der Waals surface area contributed by atoms with E-state index in [4.69, 9.17) is 11.6 Å². The van der Waals surface area contributed by atoms with Gasteiger partial charge in [-0.2, -0.15) is 0 Å². The van der Waals surface area contributed by atoms with Gasteiger partial charge in [0.2, 0.25) is 0 Å². The highest BCUT2D eigenvalue weighted by molar-refractivity contribution is 6.31. The average molecular weight is 305 g/mol. The molecule has 1 N–H and O–H groups in total. The summed E-state index contributed by atoms with van der Waals surface area (Å²) >= 11 is 6.18. The van der Waals surface area contributed by atoms with Crippen LogP contribution in [-0.4, -0.2) is 4.92 Å². The van der Waals surface area contributed by atoms with E-state index in [9.17, 15) is 10.1 Å². The molecule has 1 unspecified atom stereocenters. The normalized spacial score (nSPS) is 12.0. The van der Waals surface area contributed by atoms with Crippen LogP contribution in [0.15, 0.2) is 36.4 Å². The molecule has 5 heteroatoms. The van der Waals surface area contributed by atoms with Crippen LogP contribution in [0.5, 0.6) is 0 Å². The summed E-state index contributed by atoms with van der Waals surface area (Å²) in [5.74, 6) is 0. The Morgan fingerprint density at radius 1 is 1.19 bits per heavy atom. The van der Waals surface area contributed by atoms with Crippen LogP contribution < -0.4 is 5.32 Å². The third kappa shape index (κ3) is 3.34. The van der Waals surface area contributed by atoms with Crippen molar-refractivity contribution in [3.05, 3.63) is 68.2 Å². The van der Waals surface area contributed by atoms with Crippen molar-refractivity contribution in [3.63, 3.8) is 0 Å². The molecule has 1 atom stereocenters. The molecule has 0 bridgehead atoms. The van der Waals surface area contributed by atoms with Crippen LogP contribution >= 0.6 is 11.6 Å². The van der Waals surface area contributed by atoms with Crippen LogP contribution in [0.4, 0.5) is 11.4 Å². The Balaban J connectivity index is 2.33. The fourth-order valence-electron chi connectivity index (χ4n) is 2.33. The van der Waals surface area contributed by atoms with Crippen LogP contribution in [0.25, 0.3) is 0 Å². The van der Waals surface area contributed by atoms with E-state index in [1.54, 1.807) is 13.0 Å². The Bertz CT molecular complexity index is 686. The molecule has 4 nitrogen and oxygen atoms in total. The summed E-state index contributed by atoms with van der Waals surface area (Å²) in [6.07, 6.45) is 0. The van der Waals surface area contributed by atoms with E-state index in [2.05, 4.69) is 5.32 Å². The van der Waals surface area contributed by atoms with Gasteiger partial charge in [0, 0.05) is 22.3 Å². The van der Waals surface area contributed by atoms with Crippen molar-refractivity contribution >= 4 is 23.0 Å². The van der Waals surface area contributed by atoms with Crippen LogP contribution in [0, 0.1) is 24.0 Å². The molecule has 2 rings (SSSR count). The lowest BCUT2D eigenvalue weighted by atomic mass is 10.1. The number of anilines is 1. The number of rotatable bonds is 4. The number of hydrogen-bond donors (Lipinski definition) is 1. The van der Waals surface area contributed by atoms with Gasteiger partial charge in [0.25, 0.3) is 5.69 Å². The highest BCUT2D eigenvalue weighted by Gasteiger charge is 2.16. The summed E-state index contributed by atoms with van der Waals surface area (Å²) in [4.78, 5) is 10.7. The molecule has 0 amide bonds. The lowest BCUT2D eigenvalue weighted by Crippen LogP contribution is -2.09. The van der Waals surface area contributed by atoms with Crippen molar-refractivity contribution in [2.24, 2.45) is 0 Å². The van der Waals surface area contributed by atoms with Crippen molar-refractivity contribution in [1.82, 2.24) is 0 Å². The summed E-state index contributed by atoms with van der Waals surface area (Å²) < 4.78 is 0. The number of hydrogen-bond acceptors (Lipinski definition) is 3. The van der Waals surface area contributed by atoms with Crippen molar-refractivity contribution in [2.45, 2.75) is 26.8 Å². The van der Waals surface area contributed by atoms with Crippen molar-refractivity contribution in [2.75, 3.05) is 5.32 Å². The zero-order valence-corrected chi connectivity index (χ0v) is 12.9. The van der Waals surface area contributed by atoms with Crippen LogP contribution in [0.1, 0.15) is 29.7 Å². The van der Waals surface area contributed by atoms with Gasteiger partial charge in [0.1, 0.15) is 0 Å². The molecular weight excluding hydrogens is 288 g/mol. The standard InChI is InChI=1S/C16H17ClN2O2/c1-10-8-11(2)16(19(20)21)9-15(10)18-12(3)13-6-4-5-7-14(13)17/h4-9,12,18H,1-3H3. The van der Waals surface area contributed by atoms with E-state index in [1.165, 1.54) is 0 Å². The second kappa shape index (κ2) is 6.14. The molecule has 2 aromatic carbocycles. The Hall–Kier alpha value is -2.07. The number of nitro benzene ring substituents is 1. The highest BCUT2D eigenvalue weighted by atomic mass is 35.5. The fraction of sp³-hybridized carbons (Fsp3) is 0.250. The first-order valence-electron chi connectivity index (χ1n) is 6.66. The van der Waals surface area contributed by atoms with Gasteiger partial charge in [-0.25, -0.2) is 0 Å². The average Bonchev–Trinajstić information content (AvgIpc) is 2.41. The zero-order chi connectivity index (χ0) is 15.6. The third-order valence-electron chi connectivity index (χ3n) is 3.48. The number of halogens is 1. The predicted molar refractivity (Wildman–Crippen MR) is 86.1 cm³/mol. The number of nitrogens with zero attached hydrogens (tertiary/aromatic N) is 1. The van der Waals surface area contributed by atoms with Gasteiger partial charge in [-0.15, -0.1) is 0 Å². The molecule has 0 aliphatic heterocycles. The molecule has 2 aromatic rings. The Labute approximate surface area is 128 Å². The van der Waals surface area contributed by atoms with E-state index < -0.39 is 0 Å². The number of nitrogens with one attached hydrogen (secondary N) is 1. The first kappa shape index (κ1) is 15.3. The maximum absolute atomic E-state index is 11.1. The van der Waals surface area contributed by atoms with E-state index in [0.29, 0.717) is 10.6 Å². The molecule has 0 aliphatic carbocycles. The highest BCUT2D eigenvalue weighted by Crippen LogP contribution is 2.30. The number of nitro groups is 1. The van der Waals surface area contributed by atoms with E-state index in [1.807, 2.05) is 44.2 Å². The van der Waals surface area contributed by atoms with Crippen LogP contribution in [0.2, 0.25) is 5.02 Å². The van der Waals surface area contributed by atoms with Crippen molar-refractivity contribution in [1.29, 1.82) is 0 Å². The lowest BCUT2D eigenvalue weighted by Gasteiger charge is -2.19. The molecule has 0 heterocycles. The largest absolute Gasteiger partial charge is 0.378 e. The van der Waals surface area contributed by atoms with Gasteiger partial charge in [0.05, 0.1) is 11.0 Å². The molecule has 110 valence electrons. The second-order valence-corrected chi connectivity index (χ2v) is 5.51. The van der Waals surface area contributed by atoms with Gasteiger partial charge in [-0.05, 0) is 44.0 Å². The van der Waals surface area contributed by atoms with E-state index >= 15 is 0 Å². The third-order valence-corrected chi connectivity index (χ3v) is 3.83. The molecule has 0 radical (unpaired) electrons. The second-order valence-electron chi connectivity index (χ2n) is 5.10. The molecule has 0 aromatic heterocycles. The minimum absolute atomic E-state index is 0.0419. The van der Waals surface area contributed by atoms with Crippen molar-refractivity contribution in [3.8, 4) is 0 Å². The van der Waals surface area contributed by atoms with Crippen molar-refractivity contribution < 1.29 is 4.92 Å². The Morgan fingerprint density at radius 3 is 2.48 bits per heavy atom. The molecule has 0 saturated heterocycles. The van der Waals surface area contributed by atoms with E-state index in [0.717, 1.165) is 16.8 Å². The van der Waals surface area contributed by atoms with E-state index in [-0.39, 0.29) is 16.7 Å². The van der Waals surface area contributed by atoms with Crippen LogP contribution in [-0.2, 0) is 0 Å². The summed E-state index contributed by atoms with van der Waals surface area (Å²) in [6, 6.07) is 10.9. The summed E-state index contributed by atoms with van der Waals surface area (Å²) in [5.41, 5.74) is 3.46. The number of benzene rings is 2. The van der Waals surface area contributed by atoms with Gasteiger partial charge < -0.3 is 5.32 Å². The molecule has 0 spiro atoms. The monoisotopic (exact) mass is 304 g/mol. The molecule has 0 fully saturated rings. The minimum atomic E-state index is -0.361. The lowest BCUT2D eigenvalue weighted by molar-refractivity contribution is -0.385. The quantitative estimate of drug-likeness (QED) is 0.636. The molecule has 21 heavy (non-hydrogen) atoms. The zero-order valence-electron chi connectivity index (χ0n) is 12.2. The maximum atomic E-state index is 11.1. The van der Waals surface area contributed by atoms with Gasteiger partial charge in [-0.3, -0.25) is 10.1 Å². The Morgan fingerprint density at radius 2 is 1.86 bits per heavy atom. The van der Waals surface area contributed by atoms with Gasteiger partial charge >= 0.3 is 0 Å². The minimum Gasteiger partial charge on any atom is -0.378 e. The summed E-state index contributed by atoms with van der Waals surface area (Å²) in [7, 11) is 0. The molecular formula is C16H17ClN2O2. The number of aryl methyl sites for hydroxylation is 2. The summed E-state index contributed by atoms with van der Waals surface area (Å²) in [5, 5.41) is 15.0. The van der Waals surface area contributed by atoms with Gasteiger partial charge in [-0.1, -0.05) is 29.8 Å². The summed E-state index contributed by atoms with van der Waals surface area (Å²) in [6.45, 7) is 5.65. The Kier molecular flexibility index (Phi) is 4.48. The smallest absolute Gasteiger partial charge is 0.274 e. The van der Waals surface area contributed by atoms with Gasteiger partial charge in [0.15, 0.2) is 0 Å². The van der Waals surface area contributed by atoms with Crippen LogP contribution in [0.3, 0.4) is 0 Å². The molecule has 0 aliphatic rings. The molecule has 0 saturated carbocycles. The first-order chi connectivity index (χ1) is 9.90. The predicted octanol–water partition coefficient (Wildman–Crippen LogP) is 5.04. The SMILES string of the molecule is Cc1cc(C)c([N+](=O)[O-])cc1NC(C)c1ccccc1Cl. The first-order valence-corrected chi connectivity index (χ1v) is 7.04. The maximum Gasteiger partial charge on any atom is 0.274 e. The topological polar surface area (TPSA) is 55.2 Å². The fourth-order valence-corrected chi connectivity index (χ4v) is 2.63.